The van der Waals surface area contributed by atoms with E-state index in [9.17, 15) is 9.59 Å². The van der Waals surface area contributed by atoms with E-state index in [2.05, 4.69) is 24.5 Å². The van der Waals surface area contributed by atoms with E-state index in [-0.39, 0.29) is 23.4 Å². The standard InChI is InChI=1S/C15H28N2O3/c1-10(2)8-12(13(18)19)17-14(20)16-11-6-5-7-15(3,4)9-11/h10-12H,5-9H2,1-4H3,(H,18,19)(H2,16,17,20)/t11?,12-/m0/s1. The highest BCUT2D eigenvalue weighted by molar-refractivity contribution is 5.82. The maximum Gasteiger partial charge on any atom is 0.326 e. The fourth-order valence-corrected chi connectivity index (χ4v) is 2.90. The van der Waals surface area contributed by atoms with Crippen molar-refractivity contribution in [3.8, 4) is 0 Å². The van der Waals surface area contributed by atoms with Gasteiger partial charge in [0, 0.05) is 6.04 Å². The van der Waals surface area contributed by atoms with Crippen LogP contribution in [0.3, 0.4) is 0 Å². The van der Waals surface area contributed by atoms with Crippen LogP contribution in [0.2, 0.25) is 0 Å². The maximum atomic E-state index is 11.9. The molecule has 5 heteroatoms. The highest BCUT2D eigenvalue weighted by atomic mass is 16.4. The van der Waals surface area contributed by atoms with E-state index in [1.165, 1.54) is 6.42 Å². The average Bonchev–Trinajstić information content (AvgIpc) is 2.25. The van der Waals surface area contributed by atoms with Gasteiger partial charge >= 0.3 is 12.0 Å². The van der Waals surface area contributed by atoms with Crippen molar-refractivity contribution in [2.75, 3.05) is 0 Å². The molecule has 3 N–H and O–H groups in total. The molecule has 0 aromatic rings. The van der Waals surface area contributed by atoms with E-state index < -0.39 is 12.0 Å². The quantitative estimate of drug-likeness (QED) is 0.726. The molecule has 1 aliphatic carbocycles. The minimum Gasteiger partial charge on any atom is -0.480 e. The number of carboxylic acid groups (broad SMARTS) is 1. The molecule has 0 heterocycles. The van der Waals surface area contributed by atoms with Crippen molar-refractivity contribution in [2.45, 2.75) is 71.9 Å². The zero-order chi connectivity index (χ0) is 15.3. The summed E-state index contributed by atoms with van der Waals surface area (Å²) in [5.41, 5.74) is 0.250. The van der Waals surface area contributed by atoms with E-state index >= 15 is 0 Å². The van der Waals surface area contributed by atoms with Crippen LogP contribution in [0, 0.1) is 11.3 Å². The van der Waals surface area contributed by atoms with Crippen LogP contribution in [-0.4, -0.2) is 29.2 Å². The molecule has 0 radical (unpaired) electrons. The monoisotopic (exact) mass is 284 g/mol. The summed E-state index contributed by atoms with van der Waals surface area (Å²) in [5, 5.41) is 14.6. The molecule has 0 bridgehead atoms. The van der Waals surface area contributed by atoms with Crippen molar-refractivity contribution in [1.82, 2.24) is 10.6 Å². The first kappa shape index (κ1) is 16.8. The molecular formula is C15H28N2O3. The number of urea groups is 1. The molecule has 20 heavy (non-hydrogen) atoms. The van der Waals surface area contributed by atoms with Crippen LogP contribution in [0.4, 0.5) is 4.79 Å². The second-order valence-corrected chi connectivity index (χ2v) is 7.10. The minimum atomic E-state index is -0.974. The van der Waals surface area contributed by atoms with Crippen LogP contribution < -0.4 is 10.6 Å². The summed E-state index contributed by atoms with van der Waals surface area (Å²) in [5.74, 6) is -0.747. The van der Waals surface area contributed by atoms with Crippen LogP contribution in [-0.2, 0) is 4.79 Å². The lowest BCUT2D eigenvalue weighted by molar-refractivity contribution is -0.139. The van der Waals surface area contributed by atoms with Gasteiger partial charge in [0.15, 0.2) is 0 Å². The lowest BCUT2D eigenvalue weighted by Gasteiger charge is -2.35. The predicted molar refractivity (Wildman–Crippen MR) is 78.6 cm³/mol. The van der Waals surface area contributed by atoms with Gasteiger partial charge in [0.05, 0.1) is 0 Å². The second-order valence-electron chi connectivity index (χ2n) is 7.10. The molecule has 0 spiro atoms. The van der Waals surface area contributed by atoms with Crippen LogP contribution in [0.1, 0.15) is 59.8 Å². The number of carbonyl (C=O) groups is 2. The molecule has 2 atom stereocenters. The second kappa shape index (κ2) is 6.95. The van der Waals surface area contributed by atoms with Crippen molar-refractivity contribution in [3.63, 3.8) is 0 Å². The lowest BCUT2D eigenvalue weighted by Crippen LogP contribution is -2.50. The summed E-state index contributed by atoms with van der Waals surface area (Å²) in [4.78, 5) is 23.1. The molecule has 0 aromatic heterocycles. The SMILES string of the molecule is CC(C)C[C@H](NC(=O)NC1CCCC(C)(C)C1)C(=O)O. The van der Waals surface area contributed by atoms with E-state index in [0.717, 1.165) is 19.3 Å². The van der Waals surface area contributed by atoms with Gasteiger partial charge in [0.1, 0.15) is 6.04 Å². The van der Waals surface area contributed by atoms with Gasteiger partial charge in [-0.15, -0.1) is 0 Å². The Kier molecular flexibility index (Phi) is 5.84. The lowest BCUT2D eigenvalue weighted by atomic mass is 9.75. The van der Waals surface area contributed by atoms with E-state index in [0.29, 0.717) is 6.42 Å². The smallest absolute Gasteiger partial charge is 0.326 e. The summed E-state index contributed by atoms with van der Waals surface area (Å²) < 4.78 is 0. The molecule has 0 saturated heterocycles. The molecule has 116 valence electrons. The number of aliphatic carboxylic acids is 1. The molecule has 1 aliphatic rings. The molecule has 0 aromatic carbocycles. The highest BCUT2D eigenvalue weighted by Crippen LogP contribution is 2.34. The third-order valence-electron chi connectivity index (χ3n) is 3.85. The number of amides is 2. The number of carboxylic acids is 1. The summed E-state index contributed by atoms with van der Waals surface area (Å²) in [6.07, 6.45) is 4.64. The van der Waals surface area contributed by atoms with Gasteiger partial charge in [-0.3, -0.25) is 0 Å². The fourth-order valence-electron chi connectivity index (χ4n) is 2.90. The van der Waals surface area contributed by atoms with Crippen molar-refractivity contribution < 1.29 is 14.7 Å². The zero-order valence-electron chi connectivity index (χ0n) is 13.0. The van der Waals surface area contributed by atoms with E-state index in [4.69, 9.17) is 5.11 Å². The highest BCUT2D eigenvalue weighted by Gasteiger charge is 2.29. The average molecular weight is 284 g/mol. The Morgan fingerprint density at radius 1 is 1.35 bits per heavy atom. The zero-order valence-corrected chi connectivity index (χ0v) is 13.0. The molecule has 1 unspecified atom stereocenters. The Bertz CT molecular complexity index is 353. The number of hydrogen-bond acceptors (Lipinski definition) is 2. The molecule has 1 saturated carbocycles. The third kappa shape index (κ3) is 5.80. The summed E-state index contributed by atoms with van der Waals surface area (Å²) in [6, 6.07) is -1.03. The van der Waals surface area contributed by atoms with Crippen molar-refractivity contribution in [1.29, 1.82) is 0 Å². The van der Waals surface area contributed by atoms with Gasteiger partial charge in [0.2, 0.25) is 0 Å². The molecule has 0 aliphatic heterocycles. The third-order valence-corrected chi connectivity index (χ3v) is 3.85. The normalized spacial score (nSPS) is 23.1. The van der Waals surface area contributed by atoms with Crippen molar-refractivity contribution in [3.05, 3.63) is 0 Å². The maximum absolute atomic E-state index is 11.9. The van der Waals surface area contributed by atoms with Gasteiger partial charge < -0.3 is 15.7 Å². The Balaban J connectivity index is 2.47. The summed E-state index contributed by atoms with van der Waals surface area (Å²) in [7, 11) is 0. The van der Waals surface area contributed by atoms with Crippen molar-refractivity contribution in [2.24, 2.45) is 11.3 Å². The van der Waals surface area contributed by atoms with E-state index in [1.54, 1.807) is 0 Å². The largest absolute Gasteiger partial charge is 0.480 e. The van der Waals surface area contributed by atoms with Gasteiger partial charge in [-0.25, -0.2) is 9.59 Å². The Morgan fingerprint density at radius 2 is 2.00 bits per heavy atom. The Hall–Kier alpha value is -1.26. The van der Waals surface area contributed by atoms with E-state index in [1.807, 2.05) is 13.8 Å². The molecule has 1 fully saturated rings. The predicted octanol–water partition coefficient (Wildman–Crippen LogP) is 2.75. The van der Waals surface area contributed by atoms with Gasteiger partial charge in [-0.1, -0.05) is 34.1 Å². The number of nitrogens with one attached hydrogen (secondary N) is 2. The Labute approximate surface area is 121 Å². The number of rotatable bonds is 5. The van der Waals surface area contributed by atoms with Crippen LogP contribution >= 0.6 is 0 Å². The number of hydrogen-bond donors (Lipinski definition) is 3. The summed E-state index contributed by atoms with van der Waals surface area (Å²) in [6.45, 7) is 8.30. The first-order valence-electron chi connectivity index (χ1n) is 7.49. The molecule has 1 rings (SSSR count). The van der Waals surface area contributed by atoms with Gasteiger partial charge in [-0.05, 0) is 37.0 Å². The fraction of sp³-hybridized carbons (Fsp3) is 0.867. The molecule has 2 amide bonds. The van der Waals surface area contributed by atoms with Crippen LogP contribution in [0.25, 0.3) is 0 Å². The Morgan fingerprint density at radius 3 is 2.50 bits per heavy atom. The molecular weight excluding hydrogens is 256 g/mol. The van der Waals surface area contributed by atoms with Gasteiger partial charge in [-0.2, -0.15) is 0 Å². The number of carbonyl (C=O) groups excluding carboxylic acids is 1. The minimum absolute atomic E-state index is 0.146. The topological polar surface area (TPSA) is 78.4 Å². The summed E-state index contributed by atoms with van der Waals surface area (Å²) >= 11 is 0. The van der Waals surface area contributed by atoms with Crippen LogP contribution in [0.5, 0.6) is 0 Å². The van der Waals surface area contributed by atoms with Crippen LogP contribution in [0.15, 0.2) is 0 Å². The first-order chi connectivity index (χ1) is 9.19. The first-order valence-corrected chi connectivity index (χ1v) is 7.49. The van der Waals surface area contributed by atoms with Crippen molar-refractivity contribution >= 4 is 12.0 Å². The van der Waals surface area contributed by atoms with Gasteiger partial charge in [0.25, 0.3) is 0 Å². The molecule has 5 nitrogen and oxygen atoms in total.